The molecular formula is C13H17F3N4S. The topological polar surface area (TPSA) is 45.4 Å². The van der Waals surface area contributed by atoms with Crippen LogP contribution in [0.1, 0.15) is 11.3 Å². The van der Waals surface area contributed by atoms with Crippen molar-refractivity contribution in [2.24, 2.45) is 5.73 Å². The van der Waals surface area contributed by atoms with Crippen molar-refractivity contribution in [3.05, 3.63) is 29.6 Å². The Bertz CT molecular complexity index is 498. The minimum atomic E-state index is -4.13. The maximum Gasteiger partial charge on any atom is 0.401 e. The van der Waals surface area contributed by atoms with Crippen LogP contribution in [0.5, 0.6) is 0 Å². The summed E-state index contributed by atoms with van der Waals surface area (Å²) in [5, 5.41) is 0. The summed E-state index contributed by atoms with van der Waals surface area (Å²) in [6.45, 7) is 1.90. The van der Waals surface area contributed by atoms with Crippen molar-refractivity contribution < 1.29 is 13.2 Å². The van der Waals surface area contributed by atoms with Crippen LogP contribution in [0, 0.1) is 0 Å². The summed E-state index contributed by atoms with van der Waals surface area (Å²) in [6, 6.07) is 3.69. The van der Waals surface area contributed by atoms with Gasteiger partial charge in [-0.3, -0.25) is 14.8 Å². The number of nitrogens with two attached hydrogens (primary N) is 1. The monoisotopic (exact) mass is 318 g/mol. The fourth-order valence-corrected chi connectivity index (χ4v) is 2.44. The Hall–Kier alpha value is -1.25. The van der Waals surface area contributed by atoms with Gasteiger partial charge in [0.25, 0.3) is 0 Å². The van der Waals surface area contributed by atoms with Gasteiger partial charge in [0.2, 0.25) is 0 Å². The molecule has 1 aliphatic rings. The van der Waals surface area contributed by atoms with Gasteiger partial charge in [-0.1, -0.05) is 12.2 Å². The van der Waals surface area contributed by atoms with Gasteiger partial charge in [0.1, 0.15) is 4.99 Å². The summed E-state index contributed by atoms with van der Waals surface area (Å²) in [7, 11) is 0. The van der Waals surface area contributed by atoms with Crippen molar-refractivity contribution in [3.8, 4) is 0 Å². The van der Waals surface area contributed by atoms with Crippen molar-refractivity contribution in [2.75, 3.05) is 32.7 Å². The van der Waals surface area contributed by atoms with Gasteiger partial charge in [-0.05, 0) is 17.7 Å². The molecule has 0 spiro atoms. The van der Waals surface area contributed by atoms with Crippen LogP contribution < -0.4 is 5.73 Å². The van der Waals surface area contributed by atoms with E-state index in [1.807, 2.05) is 12.1 Å². The maximum absolute atomic E-state index is 12.3. The molecule has 2 N–H and O–H groups in total. The van der Waals surface area contributed by atoms with E-state index in [1.165, 1.54) is 4.90 Å². The average Bonchev–Trinajstić information content (AvgIpc) is 2.40. The summed E-state index contributed by atoms with van der Waals surface area (Å²) in [4.78, 5) is 7.86. The van der Waals surface area contributed by atoms with Crippen LogP contribution in [0.4, 0.5) is 13.2 Å². The number of nitrogens with zero attached hydrogens (tertiary/aromatic N) is 3. The zero-order valence-corrected chi connectivity index (χ0v) is 12.3. The molecule has 0 bridgehead atoms. The molecule has 4 nitrogen and oxygen atoms in total. The van der Waals surface area contributed by atoms with Crippen molar-refractivity contribution >= 4 is 17.2 Å². The van der Waals surface area contributed by atoms with Crippen LogP contribution in [0.3, 0.4) is 0 Å². The van der Waals surface area contributed by atoms with Gasteiger partial charge in [-0.15, -0.1) is 0 Å². The molecule has 1 aromatic heterocycles. The molecule has 0 atom stereocenters. The SMILES string of the molecule is NC(=S)c1cc(CN2CCN(CC(F)(F)F)CC2)ccn1. The molecule has 1 aromatic rings. The maximum atomic E-state index is 12.3. The van der Waals surface area contributed by atoms with E-state index in [4.69, 9.17) is 18.0 Å². The van der Waals surface area contributed by atoms with Gasteiger partial charge in [-0.2, -0.15) is 13.2 Å². The first-order chi connectivity index (χ1) is 9.83. The van der Waals surface area contributed by atoms with E-state index in [1.54, 1.807) is 6.20 Å². The minimum Gasteiger partial charge on any atom is -0.388 e. The van der Waals surface area contributed by atoms with Crippen LogP contribution in [-0.4, -0.2) is 58.7 Å². The quantitative estimate of drug-likeness (QED) is 0.850. The lowest BCUT2D eigenvalue weighted by molar-refractivity contribution is -0.149. The predicted molar refractivity (Wildman–Crippen MR) is 77.9 cm³/mol. The molecule has 0 aromatic carbocycles. The first-order valence-corrected chi connectivity index (χ1v) is 7.00. The van der Waals surface area contributed by atoms with E-state index in [9.17, 15) is 13.2 Å². The lowest BCUT2D eigenvalue weighted by Gasteiger charge is -2.35. The Labute approximate surface area is 126 Å². The van der Waals surface area contributed by atoms with Gasteiger partial charge >= 0.3 is 6.18 Å². The molecule has 2 heterocycles. The number of alkyl halides is 3. The predicted octanol–water partition coefficient (Wildman–Crippen LogP) is 1.40. The highest BCUT2D eigenvalue weighted by molar-refractivity contribution is 7.80. The number of rotatable bonds is 4. The number of hydrogen-bond donors (Lipinski definition) is 1. The molecule has 21 heavy (non-hydrogen) atoms. The Kier molecular flexibility index (Phi) is 5.13. The van der Waals surface area contributed by atoms with Crippen molar-refractivity contribution in [3.63, 3.8) is 0 Å². The molecule has 2 rings (SSSR count). The van der Waals surface area contributed by atoms with E-state index in [0.717, 1.165) is 5.56 Å². The van der Waals surface area contributed by atoms with Crippen LogP contribution in [0.25, 0.3) is 0 Å². The Morgan fingerprint density at radius 2 is 1.86 bits per heavy atom. The second kappa shape index (κ2) is 6.67. The van der Waals surface area contributed by atoms with E-state index in [2.05, 4.69) is 9.88 Å². The molecule has 1 saturated heterocycles. The Morgan fingerprint density at radius 3 is 2.43 bits per heavy atom. The molecule has 0 amide bonds. The highest BCUT2D eigenvalue weighted by Crippen LogP contribution is 2.18. The third kappa shape index (κ3) is 5.22. The van der Waals surface area contributed by atoms with Gasteiger partial charge in [-0.25, -0.2) is 0 Å². The zero-order chi connectivity index (χ0) is 15.5. The third-order valence-corrected chi connectivity index (χ3v) is 3.56. The fraction of sp³-hybridized carbons (Fsp3) is 0.538. The Balaban J connectivity index is 1.86. The van der Waals surface area contributed by atoms with Gasteiger partial charge in [0, 0.05) is 38.9 Å². The zero-order valence-electron chi connectivity index (χ0n) is 11.4. The molecular weight excluding hydrogens is 301 g/mol. The van der Waals surface area contributed by atoms with Crippen LogP contribution in [-0.2, 0) is 6.54 Å². The van der Waals surface area contributed by atoms with Crippen LogP contribution >= 0.6 is 12.2 Å². The third-order valence-electron chi connectivity index (χ3n) is 3.35. The minimum absolute atomic E-state index is 0.242. The van der Waals surface area contributed by atoms with Crippen LogP contribution in [0.15, 0.2) is 18.3 Å². The number of thiocarbonyl (C=S) groups is 1. The average molecular weight is 318 g/mol. The second-order valence-corrected chi connectivity index (χ2v) is 5.52. The van der Waals surface area contributed by atoms with E-state index < -0.39 is 12.7 Å². The molecule has 0 unspecified atom stereocenters. The lowest BCUT2D eigenvalue weighted by Crippen LogP contribution is -2.48. The Morgan fingerprint density at radius 1 is 1.24 bits per heavy atom. The first kappa shape index (κ1) is 16.1. The number of pyridine rings is 1. The van der Waals surface area contributed by atoms with Crippen molar-refractivity contribution in [1.29, 1.82) is 0 Å². The lowest BCUT2D eigenvalue weighted by atomic mass is 10.2. The standard InChI is InChI=1S/C13H17F3N4S/c14-13(15,16)9-20-5-3-19(4-6-20)8-10-1-2-18-11(7-10)12(17)21/h1-2,7H,3-6,8-9H2,(H2,17,21). The molecule has 1 aliphatic heterocycles. The summed E-state index contributed by atoms with van der Waals surface area (Å²) >= 11 is 4.88. The van der Waals surface area contributed by atoms with Gasteiger partial charge < -0.3 is 5.73 Å². The largest absolute Gasteiger partial charge is 0.401 e. The molecule has 0 aliphatic carbocycles. The van der Waals surface area contributed by atoms with E-state index >= 15 is 0 Å². The smallest absolute Gasteiger partial charge is 0.388 e. The molecule has 0 saturated carbocycles. The van der Waals surface area contributed by atoms with E-state index in [-0.39, 0.29) is 4.99 Å². The highest BCUT2D eigenvalue weighted by atomic mass is 32.1. The molecule has 116 valence electrons. The summed E-state index contributed by atoms with van der Waals surface area (Å²) < 4.78 is 37.0. The van der Waals surface area contributed by atoms with Gasteiger partial charge in [0.15, 0.2) is 0 Å². The van der Waals surface area contributed by atoms with Crippen molar-refractivity contribution in [2.45, 2.75) is 12.7 Å². The van der Waals surface area contributed by atoms with Crippen molar-refractivity contribution in [1.82, 2.24) is 14.8 Å². The van der Waals surface area contributed by atoms with Crippen LogP contribution in [0.2, 0.25) is 0 Å². The summed E-state index contributed by atoms with van der Waals surface area (Å²) in [6.07, 6.45) is -2.48. The number of hydrogen-bond acceptors (Lipinski definition) is 4. The first-order valence-electron chi connectivity index (χ1n) is 6.60. The molecule has 8 heteroatoms. The number of aromatic nitrogens is 1. The molecule has 0 radical (unpaired) electrons. The number of piperazine rings is 1. The van der Waals surface area contributed by atoms with Gasteiger partial charge in [0.05, 0.1) is 12.2 Å². The summed E-state index contributed by atoms with van der Waals surface area (Å²) in [5.74, 6) is 0. The fourth-order valence-electron chi connectivity index (χ4n) is 2.32. The summed E-state index contributed by atoms with van der Waals surface area (Å²) in [5.41, 5.74) is 7.11. The van der Waals surface area contributed by atoms with E-state index in [0.29, 0.717) is 38.4 Å². The highest BCUT2D eigenvalue weighted by Gasteiger charge is 2.32. The molecule has 1 fully saturated rings. The normalized spacial score (nSPS) is 17.9. The number of halogens is 3. The second-order valence-electron chi connectivity index (χ2n) is 5.08.